The third kappa shape index (κ3) is 11.5. The standard InChI is InChI=1S/C29H46N2O/c1-2-3-4-5-6-7-8-9-10-11-12-13-14-15-16-19-25-30-29(32)31-28-24-20-22-26-21-17-18-23-27(26)28/h17-18,20-24H,2-16,19,25H2,1H3,(H2,30,31,32)/i31+1. The number of nitrogens with one attached hydrogen (secondary N) is 2. The number of carbonyl (C=O) groups excluding carboxylic acids is 1. The molecule has 0 bridgehead atoms. The fourth-order valence-corrected chi connectivity index (χ4v) is 4.38. The maximum atomic E-state index is 12.2. The molecule has 0 unspecified atom stereocenters. The Balaban J connectivity index is 1.37. The summed E-state index contributed by atoms with van der Waals surface area (Å²) < 4.78 is 0. The van der Waals surface area contributed by atoms with Gasteiger partial charge in [-0.05, 0) is 17.9 Å². The van der Waals surface area contributed by atoms with Crippen LogP contribution >= 0.6 is 0 Å². The number of carbonyl (C=O) groups is 1. The lowest BCUT2D eigenvalue weighted by molar-refractivity contribution is 0.252. The molecule has 0 aliphatic carbocycles. The Bertz CT molecular complexity index is 738. The molecule has 0 spiro atoms. The molecule has 0 aliphatic rings. The molecular formula is C29H46N2O. The van der Waals surface area contributed by atoms with E-state index in [0.29, 0.717) is 0 Å². The van der Waals surface area contributed by atoms with Gasteiger partial charge in [0.15, 0.2) is 0 Å². The number of rotatable bonds is 18. The molecule has 2 amide bonds. The number of hydrogen-bond donors (Lipinski definition) is 2. The Kier molecular flexibility index (Phi) is 14.4. The normalized spacial score (nSPS) is 11.0. The van der Waals surface area contributed by atoms with E-state index in [-0.39, 0.29) is 6.03 Å². The lowest BCUT2D eigenvalue weighted by Gasteiger charge is -2.10. The van der Waals surface area contributed by atoms with Gasteiger partial charge in [0.05, 0.1) is 5.69 Å². The van der Waals surface area contributed by atoms with Crippen molar-refractivity contribution in [3.63, 3.8) is 0 Å². The van der Waals surface area contributed by atoms with Crippen molar-refractivity contribution in [1.29, 1.82) is 0 Å². The zero-order chi connectivity index (χ0) is 22.7. The SMILES string of the molecule is CCCCCCCCCCCCCCCCCCNC(=O)[15NH]c1cccc2ccccc12. The van der Waals surface area contributed by atoms with Crippen molar-refractivity contribution in [1.82, 2.24) is 5.32 Å². The molecule has 0 heterocycles. The van der Waals surface area contributed by atoms with Crippen LogP contribution in [0.15, 0.2) is 42.5 Å². The van der Waals surface area contributed by atoms with Gasteiger partial charge < -0.3 is 10.6 Å². The van der Waals surface area contributed by atoms with E-state index in [0.717, 1.165) is 29.4 Å². The Morgan fingerprint density at radius 3 is 1.72 bits per heavy atom. The first-order valence-corrected chi connectivity index (χ1v) is 13.3. The molecule has 2 rings (SSSR count). The minimum Gasteiger partial charge on any atom is -0.338 e. The van der Waals surface area contributed by atoms with Crippen LogP contribution in [0.2, 0.25) is 0 Å². The average molecular weight is 440 g/mol. The van der Waals surface area contributed by atoms with Crippen LogP contribution in [0.5, 0.6) is 0 Å². The Morgan fingerprint density at radius 1 is 0.625 bits per heavy atom. The van der Waals surface area contributed by atoms with E-state index in [9.17, 15) is 4.79 Å². The van der Waals surface area contributed by atoms with E-state index in [1.54, 1.807) is 0 Å². The summed E-state index contributed by atoms with van der Waals surface area (Å²) >= 11 is 0. The van der Waals surface area contributed by atoms with Crippen molar-refractivity contribution in [2.75, 3.05) is 11.9 Å². The van der Waals surface area contributed by atoms with E-state index in [1.807, 2.05) is 30.3 Å². The highest BCUT2D eigenvalue weighted by atomic mass is 16.2. The maximum absolute atomic E-state index is 12.2. The molecule has 3 nitrogen and oxygen atoms in total. The molecule has 0 saturated carbocycles. The van der Waals surface area contributed by atoms with Crippen LogP contribution in [0.1, 0.15) is 110 Å². The highest BCUT2D eigenvalue weighted by Gasteiger charge is 2.04. The molecule has 32 heavy (non-hydrogen) atoms. The number of unbranched alkanes of at least 4 members (excludes halogenated alkanes) is 15. The van der Waals surface area contributed by atoms with Crippen molar-refractivity contribution in [2.45, 2.75) is 110 Å². The number of fused-ring (bicyclic) bond motifs is 1. The number of amides is 2. The summed E-state index contributed by atoms with van der Waals surface area (Å²) in [5.74, 6) is 0. The third-order valence-corrected chi connectivity index (χ3v) is 6.35. The van der Waals surface area contributed by atoms with Gasteiger partial charge in [0.25, 0.3) is 0 Å². The van der Waals surface area contributed by atoms with Crippen molar-refractivity contribution in [2.24, 2.45) is 0 Å². The van der Waals surface area contributed by atoms with E-state index in [4.69, 9.17) is 0 Å². The highest BCUT2D eigenvalue weighted by Crippen LogP contribution is 2.22. The van der Waals surface area contributed by atoms with Gasteiger partial charge in [-0.15, -0.1) is 0 Å². The summed E-state index contributed by atoms with van der Waals surface area (Å²) in [4.78, 5) is 12.2. The predicted molar refractivity (Wildman–Crippen MR) is 141 cm³/mol. The van der Waals surface area contributed by atoms with Gasteiger partial charge in [0.2, 0.25) is 0 Å². The second-order valence-electron chi connectivity index (χ2n) is 9.21. The topological polar surface area (TPSA) is 41.1 Å². The van der Waals surface area contributed by atoms with Crippen molar-refractivity contribution < 1.29 is 4.79 Å². The highest BCUT2D eigenvalue weighted by molar-refractivity contribution is 6.01. The zero-order valence-electron chi connectivity index (χ0n) is 20.5. The number of anilines is 1. The van der Waals surface area contributed by atoms with Crippen LogP contribution in [0.4, 0.5) is 10.5 Å². The smallest absolute Gasteiger partial charge is 0.319 e. The lowest BCUT2D eigenvalue weighted by Crippen LogP contribution is -2.29. The molecule has 2 aromatic carbocycles. The Hall–Kier alpha value is -2.03. The summed E-state index contributed by atoms with van der Waals surface area (Å²) in [6, 6.07) is 14.0. The van der Waals surface area contributed by atoms with Crippen LogP contribution in [-0.4, -0.2) is 12.6 Å². The number of hydrogen-bond acceptors (Lipinski definition) is 1. The molecule has 0 fully saturated rings. The van der Waals surface area contributed by atoms with Crippen LogP contribution in [0.3, 0.4) is 0 Å². The first-order chi connectivity index (χ1) is 15.8. The molecule has 2 aromatic rings. The lowest BCUT2D eigenvalue weighted by atomic mass is 10.0. The van der Waals surface area contributed by atoms with Crippen LogP contribution in [0, 0.1) is 0 Å². The summed E-state index contributed by atoms with van der Waals surface area (Å²) in [6.45, 7) is 3.03. The number of benzene rings is 2. The van der Waals surface area contributed by atoms with Crippen LogP contribution in [-0.2, 0) is 0 Å². The second kappa shape index (κ2) is 17.5. The molecule has 0 aliphatic heterocycles. The van der Waals surface area contributed by atoms with E-state index >= 15 is 0 Å². The van der Waals surface area contributed by atoms with Gasteiger partial charge in [0.1, 0.15) is 0 Å². The van der Waals surface area contributed by atoms with Gasteiger partial charge in [-0.1, -0.05) is 140 Å². The molecule has 0 saturated heterocycles. The monoisotopic (exact) mass is 439 g/mol. The molecule has 0 atom stereocenters. The van der Waals surface area contributed by atoms with Gasteiger partial charge >= 0.3 is 6.03 Å². The van der Waals surface area contributed by atoms with Crippen molar-refractivity contribution >= 4 is 22.5 Å². The first-order valence-electron chi connectivity index (χ1n) is 13.3. The van der Waals surface area contributed by atoms with E-state index in [2.05, 4.69) is 29.7 Å². The van der Waals surface area contributed by atoms with Crippen molar-refractivity contribution in [3.8, 4) is 0 Å². The maximum Gasteiger partial charge on any atom is 0.319 e. The van der Waals surface area contributed by atoms with Gasteiger partial charge in [-0.2, -0.15) is 0 Å². The predicted octanol–water partition coefficient (Wildman–Crippen LogP) is 9.22. The quantitative estimate of drug-likeness (QED) is 0.176. The van der Waals surface area contributed by atoms with Crippen LogP contribution < -0.4 is 10.6 Å². The fourth-order valence-electron chi connectivity index (χ4n) is 4.38. The van der Waals surface area contributed by atoms with E-state index in [1.165, 1.54) is 96.3 Å². The first kappa shape index (κ1) is 26.2. The molecular weight excluding hydrogens is 393 g/mol. The van der Waals surface area contributed by atoms with Gasteiger partial charge in [-0.3, -0.25) is 0 Å². The Morgan fingerprint density at radius 2 is 1.12 bits per heavy atom. The van der Waals surface area contributed by atoms with Crippen LogP contribution in [0.25, 0.3) is 10.8 Å². The third-order valence-electron chi connectivity index (χ3n) is 6.35. The average Bonchev–Trinajstić information content (AvgIpc) is 2.81. The van der Waals surface area contributed by atoms with E-state index < -0.39 is 0 Å². The van der Waals surface area contributed by atoms with Gasteiger partial charge in [0, 0.05) is 11.9 Å². The molecule has 2 N–H and O–H groups in total. The summed E-state index contributed by atoms with van der Waals surface area (Å²) in [5.41, 5.74) is 0.868. The fraction of sp³-hybridized carbons (Fsp3) is 0.621. The number of urea groups is 1. The zero-order valence-corrected chi connectivity index (χ0v) is 20.5. The molecule has 3 heteroatoms. The molecule has 0 aromatic heterocycles. The molecule has 0 radical (unpaired) electrons. The second-order valence-corrected chi connectivity index (χ2v) is 9.21. The van der Waals surface area contributed by atoms with Crippen molar-refractivity contribution in [3.05, 3.63) is 42.5 Å². The minimum absolute atomic E-state index is 0.109. The molecule has 178 valence electrons. The Labute approximate surface area is 196 Å². The summed E-state index contributed by atoms with van der Waals surface area (Å²) in [6.07, 6.45) is 21.9. The summed E-state index contributed by atoms with van der Waals surface area (Å²) in [7, 11) is 0. The van der Waals surface area contributed by atoms with Gasteiger partial charge in [-0.25, -0.2) is 4.79 Å². The minimum atomic E-state index is -0.109. The summed E-state index contributed by atoms with van der Waals surface area (Å²) in [5, 5.41) is 8.20. The largest absolute Gasteiger partial charge is 0.338 e.